The number of hydrogen-bond donors (Lipinski definition) is 2. The van der Waals surface area contributed by atoms with Gasteiger partial charge in [0.15, 0.2) is 11.9 Å². The molecule has 7 heteroatoms. The Balaban J connectivity index is 1.50. The van der Waals surface area contributed by atoms with Crippen LogP contribution in [0.3, 0.4) is 0 Å². The molecular formula is C18H20N2O4S. The first kappa shape index (κ1) is 17.9. The zero-order valence-electron chi connectivity index (χ0n) is 13.6. The second kappa shape index (κ2) is 8.46. The molecule has 0 aromatic heterocycles. The average Bonchev–Trinajstić information content (AvgIpc) is 2.91. The lowest BCUT2D eigenvalue weighted by Gasteiger charge is -2.24. The molecule has 2 aromatic rings. The third-order valence-electron chi connectivity index (χ3n) is 3.87. The van der Waals surface area contributed by atoms with Crippen LogP contribution in [0.4, 0.5) is 0 Å². The number of hydrogen-bond acceptors (Lipinski definition) is 7. The van der Waals surface area contributed by atoms with Gasteiger partial charge in [0.2, 0.25) is 0 Å². The van der Waals surface area contributed by atoms with Gasteiger partial charge in [0.25, 0.3) is 0 Å². The molecule has 1 fully saturated rings. The number of nitrogens with zero attached hydrogens (tertiary/aromatic N) is 2. The van der Waals surface area contributed by atoms with Crippen LogP contribution in [0.15, 0.2) is 54.6 Å². The minimum absolute atomic E-state index is 0.358. The Bertz CT molecular complexity index is 683. The van der Waals surface area contributed by atoms with Crippen LogP contribution in [0.1, 0.15) is 15.9 Å². The van der Waals surface area contributed by atoms with Crippen molar-refractivity contribution in [3.63, 3.8) is 0 Å². The van der Waals surface area contributed by atoms with Crippen LogP contribution in [-0.4, -0.2) is 50.8 Å². The van der Waals surface area contributed by atoms with Crippen molar-refractivity contribution in [2.24, 2.45) is 0 Å². The van der Waals surface area contributed by atoms with Crippen molar-refractivity contribution in [1.29, 1.82) is 0 Å². The van der Waals surface area contributed by atoms with Crippen LogP contribution in [-0.2, 0) is 6.54 Å². The summed E-state index contributed by atoms with van der Waals surface area (Å²) in [6, 6.07) is 16.5. The molecule has 1 aliphatic heterocycles. The van der Waals surface area contributed by atoms with Gasteiger partial charge in [-0.05, 0) is 41.8 Å². The van der Waals surface area contributed by atoms with E-state index in [-0.39, 0.29) is 0 Å². The molecule has 0 spiro atoms. The molecule has 2 atom stereocenters. The highest BCUT2D eigenvalue weighted by atomic mass is 32.2. The van der Waals surface area contributed by atoms with E-state index in [1.807, 2.05) is 30.3 Å². The van der Waals surface area contributed by atoms with Crippen molar-refractivity contribution >= 4 is 18.2 Å². The number of carbonyl (C=O) groups is 1. The summed E-state index contributed by atoms with van der Waals surface area (Å²) in [5.41, 5.74) is 0.814. The number of ether oxygens (including phenoxy) is 1. The van der Waals surface area contributed by atoms with Crippen molar-refractivity contribution in [1.82, 2.24) is 9.21 Å². The maximum Gasteiger partial charge on any atom is 0.177 e. The van der Waals surface area contributed by atoms with Gasteiger partial charge in [0, 0.05) is 18.7 Å². The molecule has 0 aliphatic carbocycles. The van der Waals surface area contributed by atoms with Gasteiger partial charge in [-0.25, -0.2) is 9.21 Å². The molecule has 0 saturated carbocycles. The maximum atomic E-state index is 10.6. The number of aliphatic hydroxyl groups is 2. The minimum Gasteiger partial charge on any atom is -0.492 e. The van der Waals surface area contributed by atoms with E-state index < -0.39 is 11.9 Å². The fraction of sp³-hybridized carbons (Fsp3) is 0.278. The summed E-state index contributed by atoms with van der Waals surface area (Å²) in [5.74, 6) is 0.658. The van der Waals surface area contributed by atoms with Crippen molar-refractivity contribution in [3.8, 4) is 5.75 Å². The molecule has 0 amide bonds. The Kier molecular flexibility index (Phi) is 6.06. The molecular weight excluding hydrogens is 340 g/mol. The van der Waals surface area contributed by atoms with Crippen molar-refractivity contribution in [3.05, 3.63) is 65.7 Å². The highest BCUT2D eigenvalue weighted by Gasteiger charge is 2.38. The van der Waals surface area contributed by atoms with Crippen LogP contribution in [0.25, 0.3) is 0 Å². The SMILES string of the molecule is O=Cc1ccc(OCCN2SC(O)N(Cc3ccccc3)C2O)cc1. The first-order valence-corrected chi connectivity index (χ1v) is 8.78. The lowest BCUT2D eigenvalue weighted by molar-refractivity contribution is -0.0975. The summed E-state index contributed by atoms with van der Waals surface area (Å²) in [4.78, 5) is 12.2. The molecule has 0 radical (unpaired) electrons. The van der Waals surface area contributed by atoms with Gasteiger partial charge < -0.3 is 14.9 Å². The van der Waals surface area contributed by atoms with Crippen LogP contribution in [0.2, 0.25) is 0 Å². The third-order valence-corrected chi connectivity index (χ3v) is 4.97. The zero-order valence-corrected chi connectivity index (χ0v) is 14.4. The molecule has 2 aromatic carbocycles. The molecule has 1 heterocycles. The third kappa shape index (κ3) is 4.59. The summed E-state index contributed by atoms with van der Waals surface area (Å²) in [6.07, 6.45) is -0.106. The first-order chi connectivity index (χ1) is 12.2. The molecule has 132 valence electrons. The predicted molar refractivity (Wildman–Crippen MR) is 95.6 cm³/mol. The summed E-state index contributed by atoms with van der Waals surface area (Å²) in [6.45, 7) is 1.26. The van der Waals surface area contributed by atoms with E-state index in [4.69, 9.17) is 4.74 Å². The van der Waals surface area contributed by atoms with Crippen LogP contribution in [0.5, 0.6) is 5.75 Å². The van der Waals surface area contributed by atoms with Gasteiger partial charge >= 0.3 is 0 Å². The lowest BCUT2D eigenvalue weighted by Crippen LogP contribution is -2.41. The largest absolute Gasteiger partial charge is 0.492 e. The highest BCUT2D eigenvalue weighted by molar-refractivity contribution is 7.97. The van der Waals surface area contributed by atoms with E-state index in [2.05, 4.69) is 0 Å². The number of aldehydes is 1. The first-order valence-electron chi connectivity index (χ1n) is 7.94. The predicted octanol–water partition coefficient (Wildman–Crippen LogP) is 1.90. The average molecular weight is 360 g/mol. The highest BCUT2D eigenvalue weighted by Crippen LogP contribution is 2.32. The monoisotopic (exact) mass is 360 g/mol. The van der Waals surface area contributed by atoms with Gasteiger partial charge in [0.1, 0.15) is 18.6 Å². The smallest absolute Gasteiger partial charge is 0.177 e. The number of aliphatic hydroxyl groups excluding tert-OH is 2. The molecule has 3 rings (SSSR count). The Morgan fingerprint density at radius 1 is 1.08 bits per heavy atom. The lowest BCUT2D eigenvalue weighted by atomic mass is 10.2. The molecule has 6 nitrogen and oxygen atoms in total. The van der Waals surface area contributed by atoms with E-state index in [0.717, 1.165) is 11.8 Å². The topological polar surface area (TPSA) is 73.2 Å². The molecule has 25 heavy (non-hydrogen) atoms. The summed E-state index contributed by atoms with van der Waals surface area (Å²) in [5, 5.41) is 20.6. The van der Waals surface area contributed by atoms with E-state index in [0.29, 0.717) is 31.0 Å². The molecule has 0 bridgehead atoms. The second-order valence-corrected chi connectivity index (χ2v) is 6.71. The van der Waals surface area contributed by atoms with E-state index in [9.17, 15) is 15.0 Å². The van der Waals surface area contributed by atoms with E-state index >= 15 is 0 Å². The van der Waals surface area contributed by atoms with Crippen LogP contribution < -0.4 is 4.74 Å². The summed E-state index contributed by atoms with van der Waals surface area (Å²) in [7, 11) is 0. The van der Waals surface area contributed by atoms with Gasteiger partial charge in [-0.2, -0.15) is 0 Å². The molecule has 2 unspecified atom stereocenters. The zero-order chi connectivity index (χ0) is 17.6. The standard InChI is InChI=1S/C18H20N2O4S/c21-13-15-6-8-16(9-7-15)24-11-10-20-17(22)19(18(23)25-20)12-14-4-2-1-3-5-14/h1-9,13,17-18,22-23H,10-12H2. The van der Waals surface area contributed by atoms with Crippen LogP contribution >= 0.6 is 11.9 Å². The van der Waals surface area contributed by atoms with Gasteiger partial charge in [0.05, 0.1) is 0 Å². The van der Waals surface area contributed by atoms with Gasteiger partial charge in [-0.1, -0.05) is 30.3 Å². The van der Waals surface area contributed by atoms with Crippen molar-refractivity contribution in [2.75, 3.05) is 13.2 Å². The Hall–Kier alpha value is -1.90. The van der Waals surface area contributed by atoms with Crippen molar-refractivity contribution < 1.29 is 19.7 Å². The molecule has 1 saturated heterocycles. The fourth-order valence-electron chi connectivity index (χ4n) is 2.53. The van der Waals surface area contributed by atoms with E-state index in [1.165, 1.54) is 11.9 Å². The maximum absolute atomic E-state index is 10.6. The van der Waals surface area contributed by atoms with E-state index in [1.54, 1.807) is 33.5 Å². The molecule has 2 N–H and O–H groups in total. The van der Waals surface area contributed by atoms with Gasteiger partial charge in [-0.15, -0.1) is 0 Å². The Morgan fingerprint density at radius 3 is 2.48 bits per heavy atom. The summed E-state index contributed by atoms with van der Waals surface area (Å²) >= 11 is 1.18. The number of rotatable bonds is 7. The normalized spacial score (nSPS) is 21.4. The minimum atomic E-state index is -0.888. The van der Waals surface area contributed by atoms with Crippen LogP contribution in [0, 0.1) is 0 Å². The summed E-state index contributed by atoms with van der Waals surface area (Å²) < 4.78 is 7.31. The Labute approximate surface area is 150 Å². The van der Waals surface area contributed by atoms with Crippen molar-refractivity contribution in [2.45, 2.75) is 18.5 Å². The quantitative estimate of drug-likeness (QED) is 0.577. The van der Waals surface area contributed by atoms with Gasteiger partial charge in [-0.3, -0.25) is 4.79 Å². The number of benzene rings is 2. The Morgan fingerprint density at radius 2 is 1.80 bits per heavy atom. The second-order valence-electron chi connectivity index (χ2n) is 5.61. The molecule has 1 aliphatic rings. The fourth-order valence-corrected chi connectivity index (χ4v) is 3.49. The number of carbonyl (C=O) groups excluding carboxylic acids is 1.